The van der Waals surface area contributed by atoms with Gasteiger partial charge < -0.3 is 0 Å². The standard InChI is InChI=1S/C16H25F2N3/c1-3-16(4-2,21-9-5-6-10-21)15(20-19)12-7-8-13(17)14(18)11-12/h7-8,11,15,20H,3-6,9-10,19H2,1-2H3. The second-order valence-corrected chi connectivity index (χ2v) is 5.78. The molecule has 1 fully saturated rings. The molecule has 0 amide bonds. The molecule has 118 valence electrons. The van der Waals surface area contributed by atoms with E-state index in [2.05, 4.69) is 24.2 Å². The number of benzene rings is 1. The van der Waals surface area contributed by atoms with Crippen LogP contribution in [0.15, 0.2) is 18.2 Å². The maximum atomic E-state index is 13.6. The monoisotopic (exact) mass is 297 g/mol. The Hall–Kier alpha value is -1.04. The summed E-state index contributed by atoms with van der Waals surface area (Å²) in [6, 6.07) is 3.84. The number of nitrogens with one attached hydrogen (secondary N) is 1. The largest absolute Gasteiger partial charge is 0.296 e. The summed E-state index contributed by atoms with van der Waals surface area (Å²) in [6.07, 6.45) is 4.16. The molecule has 0 bridgehead atoms. The SMILES string of the molecule is CCC(CC)(C(NN)c1ccc(F)c(F)c1)N1CCCC1. The Balaban J connectivity index is 2.41. The molecule has 1 aliphatic rings. The summed E-state index contributed by atoms with van der Waals surface area (Å²) in [6.45, 7) is 6.32. The lowest BCUT2D eigenvalue weighted by Gasteiger charge is -2.46. The second-order valence-electron chi connectivity index (χ2n) is 5.78. The molecule has 0 saturated carbocycles. The summed E-state index contributed by atoms with van der Waals surface area (Å²) in [7, 11) is 0. The minimum absolute atomic E-state index is 0.171. The number of halogens is 2. The highest BCUT2D eigenvalue weighted by Gasteiger charge is 2.42. The number of hydrogen-bond acceptors (Lipinski definition) is 3. The fourth-order valence-electron chi connectivity index (χ4n) is 3.70. The van der Waals surface area contributed by atoms with Crippen LogP contribution in [0.5, 0.6) is 0 Å². The molecule has 1 aromatic rings. The first-order valence-corrected chi connectivity index (χ1v) is 7.75. The quantitative estimate of drug-likeness (QED) is 0.626. The molecule has 21 heavy (non-hydrogen) atoms. The number of nitrogens with zero attached hydrogens (tertiary/aromatic N) is 1. The fraction of sp³-hybridized carbons (Fsp3) is 0.625. The Morgan fingerprint density at radius 1 is 1.19 bits per heavy atom. The van der Waals surface area contributed by atoms with Crippen LogP contribution < -0.4 is 11.3 Å². The van der Waals surface area contributed by atoms with E-state index in [-0.39, 0.29) is 11.6 Å². The van der Waals surface area contributed by atoms with Crippen LogP contribution in [0.3, 0.4) is 0 Å². The predicted octanol–water partition coefficient (Wildman–Crippen LogP) is 3.12. The van der Waals surface area contributed by atoms with Gasteiger partial charge in [-0.2, -0.15) is 0 Å². The van der Waals surface area contributed by atoms with Gasteiger partial charge in [0.15, 0.2) is 11.6 Å². The zero-order valence-corrected chi connectivity index (χ0v) is 12.8. The van der Waals surface area contributed by atoms with Crippen molar-refractivity contribution in [2.24, 2.45) is 5.84 Å². The molecule has 0 spiro atoms. The lowest BCUT2D eigenvalue weighted by molar-refractivity contribution is 0.0615. The molecule has 3 N–H and O–H groups in total. The number of hydrazine groups is 1. The molecule has 1 aromatic carbocycles. The topological polar surface area (TPSA) is 41.3 Å². The molecule has 1 unspecified atom stereocenters. The van der Waals surface area contributed by atoms with Crippen molar-refractivity contribution in [3.63, 3.8) is 0 Å². The van der Waals surface area contributed by atoms with Crippen molar-refractivity contribution in [1.82, 2.24) is 10.3 Å². The number of hydrogen-bond donors (Lipinski definition) is 2. The Morgan fingerprint density at radius 2 is 1.81 bits per heavy atom. The van der Waals surface area contributed by atoms with Crippen LogP contribution in [0.4, 0.5) is 8.78 Å². The van der Waals surface area contributed by atoms with Gasteiger partial charge in [-0.3, -0.25) is 16.2 Å². The Kier molecular flexibility index (Phi) is 5.30. The summed E-state index contributed by atoms with van der Waals surface area (Å²) in [5.41, 5.74) is 3.38. The fourth-order valence-corrected chi connectivity index (χ4v) is 3.70. The van der Waals surface area contributed by atoms with E-state index in [9.17, 15) is 8.78 Å². The minimum atomic E-state index is -0.825. The molecular formula is C16H25F2N3. The summed E-state index contributed by atoms with van der Waals surface area (Å²) in [5.74, 6) is 4.16. The van der Waals surface area contributed by atoms with Crippen molar-refractivity contribution in [1.29, 1.82) is 0 Å². The first-order valence-electron chi connectivity index (χ1n) is 7.75. The smallest absolute Gasteiger partial charge is 0.159 e. The van der Waals surface area contributed by atoms with Gasteiger partial charge in [0.2, 0.25) is 0 Å². The van der Waals surface area contributed by atoms with Crippen LogP contribution >= 0.6 is 0 Å². The van der Waals surface area contributed by atoms with Gasteiger partial charge in [0.1, 0.15) is 0 Å². The average Bonchev–Trinajstić information content (AvgIpc) is 3.02. The highest BCUT2D eigenvalue weighted by molar-refractivity contribution is 5.25. The van der Waals surface area contributed by atoms with Crippen molar-refractivity contribution in [2.75, 3.05) is 13.1 Å². The average molecular weight is 297 g/mol. The molecule has 0 aromatic heterocycles. The van der Waals surface area contributed by atoms with Crippen molar-refractivity contribution >= 4 is 0 Å². The van der Waals surface area contributed by atoms with Crippen LogP contribution in [0.1, 0.15) is 51.1 Å². The molecule has 0 radical (unpaired) electrons. The first kappa shape index (κ1) is 16.3. The molecule has 1 saturated heterocycles. The molecule has 3 nitrogen and oxygen atoms in total. The van der Waals surface area contributed by atoms with E-state index in [1.165, 1.54) is 25.0 Å². The van der Waals surface area contributed by atoms with Gasteiger partial charge in [-0.15, -0.1) is 0 Å². The highest BCUT2D eigenvalue weighted by Crippen LogP contribution is 2.39. The van der Waals surface area contributed by atoms with Gasteiger partial charge in [-0.1, -0.05) is 19.9 Å². The summed E-state index contributed by atoms with van der Waals surface area (Å²) < 4.78 is 26.8. The van der Waals surface area contributed by atoms with E-state index in [0.29, 0.717) is 5.56 Å². The second kappa shape index (κ2) is 6.81. The van der Waals surface area contributed by atoms with E-state index in [1.807, 2.05) is 0 Å². The lowest BCUT2D eigenvalue weighted by atomic mass is 9.79. The number of likely N-dealkylation sites (tertiary alicyclic amines) is 1. The van der Waals surface area contributed by atoms with Gasteiger partial charge in [0.05, 0.1) is 6.04 Å². The summed E-state index contributed by atoms with van der Waals surface area (Å²) in [5, 5.41) is 0. The van der Waals surface area contributed by atoms with Gasteiger partial charge in [0.25, 0.3) is 0 Å². The highest BCUT2D eigenvalue weighted by atomic mass is 19.2. The number of nitrogens with two attached hydrogens (primary N) is 1. The minimum Gasteiger partial charge on any atom is -0.296 e. The molecule has 2 rings (SSSR count). The van der Waals surface area contributed by atoms with Gasteiger partial charge in [-0.05, 0) is 56.5 Å². The van der Waals surface area contributed by atoms with E-state index in [1.54, 1.807) is 6.07 Å². The van der Waals surface area contributed by atoms with Gasteiger partial charge in [-0.25, -0.2) is 8.78 Å². The van der Waals surface area contributed by atoms with Crippen molar-refractivity contribution in [3.8, 4) is 0 Å². The van der Waals surface area contributed by atoms with Crippen molar-refractivity contribution < 1.29 is 8.78 Å². The molecule has 1 heterocycles. The van der Waals surface area contributed by atoms with Crippen LogP contribution in [0.25, 0.3) is 0 Å². The van der Waals surface area contributed by atoms with Crippen molar-refractivity contribution in [2.45, 2.75) is 51.1 Å². The van der Waals surface area contributed by atoms with E-state index >= 15 is 0 Å². The Labute approximate surface area is 125 Å². The Bertz CT molecular complexity index is 469. The normalized spacial score (nSPS) is 18.1. The number of rotatable bonds is 6. The van der Waals surface area contributed by atoms with E-state index in [0.717, 1.165) is 25.9 Å². The maximum Gasteiger partial charge on any atom is 0.159 e. The third kappa shape index (κ3) is 2.96. The van der Waals surface area contributed by atoms with Crippen molar-refractivity contribution in [3.05, 3.63) is 35.4 Å². The molecule has 5 heteroatoms. The lowest BCUT2D eigenvalue weighted by Crippen LogP contribution is -2.56. The van der Waals surface area contributed by atoms with Gasteiger partial charge >= 0.3 is 0 Å². The zero-order chi connectivity index (χ0) is 15.5. The maximum absolute atomic E-state index is 13.6. The van der Waals surface area contributed by atoms with Crippen LogP contribution in [-0.2, 0) is 0 Å². The third-order valence-corrected chi connectivity index (χ3v) is 4.94. The first-order chi connectivity index (χ1) is 10.1. The van der Waals surface area contributed by atoms with Gasteiger partial charge in [0, 0.05) is 5.54 Å². The third-order valence-electron chi connectivity index (χ3n) is 4.94. The molecule has 1 aliphatic heterocycles. The van der Waals surface area contributed by atoms with Crippen LogP contribution in [0.2, 0.25) is 0 Å². The Morgan fingerprint density at radius 3 is 2.29 bits per heavy atom. The van der Waals surface area contributed by atoms with E-state index in [4.69, 9.17) is 5.84 Å². The molecular weight excluding hydrogens is 272 g/mol. The molecule has 1 atom stereocenters. The van der Waals surface area contributed by atoms with E-state index < -0.39 is 11.6 Å². The van der Waals surface area contributed by atoms with Crippen LogP contribution in [0, 0.1) is 11.6 Å². The molecule has 0 aliphatic carbocycles. The zero-order valence-electron chi connectivity index (χ0n) is 12.8. The van der Waals surface area contributed by atoms with Crippen LogP contribution in [-0.4, -0.2) is 23.5 Å². The predicted molar refractivity (Wildman–Crippen MR) is 80.5 cm³/mol. The summed E-state index contributed by atoms with van der Waals surface area (Å²) in [4.78, 5) is 2.44. The summed E-state index contributed by atoms with van der Waals surface area (Å²) >= 11 is 0.